The van der Waals surface area contributed by atoms with Crippen LogP contribution >= 0.6 is 0 Å². The molecule has 1 aliphatic rings. The number of rotatable bonds is 4. The van der Waals surface area contributed by atoms with Gasteiger partial charge in [-0.15, -0.1) is 0 Å². The van der Waals surface area contributed by atoms with Gasteiger partial charge in [-0.05, 0) is 29.8 Å². The Bertz CT molecular complexity index is 1060. The van der Waals surface area contributed by atoms with Gasteiger partial charge in [-0.3, -0.25) is 10.1 Å². The molecule has 27 heavy (non-hydrogen) atoms. The number of benzene rings is 2. The van der Waals surface area contributed by atoms with Crippen LogP contribution in [0.25, 0.3) is 23.1 Å². The summed E-state index contributed by atoms with van der Waals surface area (Å²) in [6.07, 6.45) is 7.57. The highest BCUT2D eigenvalue weighted by atomic mass is 16.3. The van der Waals surface area contributed by atoms with Crippen LogP contribution < -0.4 is 10.6 Å². The minimum atomic E-state index is -0.299. The molecule has 5 nitrogen and oxygen atoms in total. The summed E-state index contributed by atoms with van der Waals surface area (Å²) in [5, 5.41) is 16.9. The van der Waals surface area contributed by atoms with E-state index < -0.39 is 0 Å². The number of carbonyl (C=O) groups is 1. The number of aromatic hydroxyl groups is 1. The zero-order valence-corrected chi connectivity index (χ0v) is 14.6. The van der Waals surface area contributed by atoms with Crippen LogP contribution in [0.15, 0.2) is 66.7 Å². The van der Waals surface area contributed by atoms with E-state index in [0.29, 0.717) is 12.1 Å². The molecule has 1 aromatic heterocycles. The smallest absolute Gasteiger partial charge is 0.245 e. The number of aromatic nitrogens is 1. The van der Waals surface area contributed by atoms with Gasteiger partial charge in [-0.25, -0.2) is 4.98 Å². The zero-order valence-electron chi connectivity index (χ0n) is 14.6. The van der Waals surface area contributed by atoms with Crippen molar-refractivity contribution < 1.29 is 9.90 Å². The minimum Gasteiger partial charge on any atom is -0.506 e. The molecule has 4 rings (SSSR count). The van der Waals surface area contributed by atoms with E-state index in [0.717, 1.165) is 22.3 Å². The molecular weight excluding hydrogens is 338 g/mol. The number of anilines is 1. The quantitative estimate of drug-likeness (QED) is 0.624. The van der Waals surface area contributed by atoms with Crippen molar-refractivity contribution in [3.63, 3.8) is 0 Å². The third-order valence-electron chi connectivity index (χ3n) is 4.44. The van der Waals surface area contributed by atoms with Crippen LogP contribution in [-0.4, -0.2) is 28.6 Å². The van der Waals surface area contributed by atoms with Crippen molar-refractivity contribution in [1.29, 1.82) is 0 Å². The Morgan fingerprint density at radius 1 is 1.11 bits per heavy atom. The van der Waals surface area contributed by atoms with Gasteiger partial charge in [-0.1, -0.05) is 54.6 Å². The van der Waals surface area contributed by atoms with Gasteiger partial charge in [0.15, 0.2) is 0 Å². The summed E-state index contributed by atoms with van der Waals surface area (Å²) in [4.78, 5) is 16.8. The lowest BCUT2D eigenvalue weighted by Gasteiger charge is -2.12. The number of para-hydroxylation sites is 2. The fourth-order valence-electron chi connectivity index (χ4n) is 3.03. The summed E-state index contributed by atoms with van der Waals surface area (Å²) < 4.78 is 0. The molecule has 0 saturated heterocycles. The van der Waals surface area contributed by atoms with Crippen molar-refractivity contribution in [3.8, 4) is 5.75 Å². The van der Waals surface area contributed by atoms with Crippen molar-refractivity contribution >= 4 is 34.6 Å². The molecule has 0 saturated carbocycles. The maximum atomic E-state index is 12.3. The Balaban J connectivity index is 1.58. The molecule has 2 aromatic carbocycles. The fourth-order valence-corrected chi connectivity index (χ4v) is 3.03. The van der Waals surface area contributed by atoms with Crippen LogP contribution in [0, 0.1) is 0 Å². The lowest BCUT2D eigenvalue weighted by atomic mass is 10.1. The fraction of sp³-hybridized carbons (Fsp3) is 0.0909. The third kappa shape index (κ3) is 3.73. The predicted molar refractivity (Wildman–Crippen MR) is 108 cm³/mol. The second kappa shape index (κ2) is 7.43. The van der Waals surface area contributed by atoms with Crippen molar-refractivity contribution in [2.75, 3.05) is 11.9 Å². The highest BCUT2D eigenvalue weighted by molar-refractivity contribution is 5.98. The van der Waals surface area contributed by atoms with E-state index in [-0.39, 0.29) is 17.7 Å². The van der Waals surface area contributed by atoms with Crippen LogP contribution in [-0.2, 0) is 4.79 Å². The van der Waals surface area contributed by atoms with E-state index in [9.17, 15) is 9.90 Å². The molecule has 3 N–H and O–H groups in total. The topological polar surface area (TPSA) is 74.2 Å². The number of carbonyl (C=O) groups excluding carboxylic acids is 1. The number of fused-ring (bicyclic) bond motifs is 1. The molecule has 0 spiro atoms. The van der Waals surface area contributed by atoms with E-state index in [1.807, 2.05) is 66.8 Å². The average Bonchev–Trinajstić information content (AvgIpc) is 3.23. The van der Waals surface area contributed by atoms with Gasteiger partial charge in [0.1, 0.15) is 17.3 Å². The number of nitrogens with one attached hydrogen (secondary N) is 2. The number of nitrogens with zero attached hydrogens (tertiary/aromatic N) is 1. The van der Waals surface area contributed by atoms with Gasteiger partial charge in [0.25, 0.3) is 0 Å². The van der Waals surface area contributed by atoms with Crippen LogP contribution in [0.2, 0.25) is 0 Å². The van der Waals surface area contributed by atoms with E-state index in [1.165, 1.54) is 0 Å². The Hall–Kier alpha value is -3.44. The van der Waals surface area contributed by atoms with Crippen molar-refractivity contribution in [2.24, 2.45) is 0 Å². The molecule has 1 amide bonds. The van der Waals surface area contributed by atoms with Crippen molar-refractivity contribution in [1.82, 2.24) is 10.3 Å². The Morgan fingerprint density at radius 2 is 2.00 bits per heavy atom. The summed E-state index contributed by atoms with van der Waals surface area (Å²) in [6.45, 7) is 0.708. The third-order valence-corrected chi connectivity index (χ3v) is 4.44. The maximum Gasteiger partial charge on any atom is 0.245 e. The van der Waals surface area contributed by atoms with Gasteiger partial charge < -0.3 is 10.4 Å². The molecule has 0 aliphatic carbocycles. The lowest BCUT2D eigenvalue weighted by molar-refractivity contribution is -0.116. The van der Waals surface area contributed by atoms with Crippen LogP contribution in [0.3, 0.4) is 0 Å². The molecule has 2 heterocycles. The number of hydrogen-bond donors (Lipinski definition) is 3. The molecule has 0 bridgehead atoms. The van der Waals surface area contributed by atoms with Crippen LogP contribution in [0.5, 0.6) is 5.75 Å². The van der Waals surface area contributed by atoms with Gasteiger partial charge in [0.05, 0.1) is 5.69 Å². The summed E-state index contributed by atoms with van der Waals surface area (Å²) in [5.74, 6) is 0.0749. The summed E-state index contributed by atoms with van der Waals surface area (Å²) in [5.41, 5.74) is 2.92. The first-order valence-electron chi connectivity index (χ1n) is 8.77. The number of pyridine rings is 1. The zero-order chi connectivity index (χ0) is 18.6. The molecule has 0 radical (unpaired) electrons. The standard InChI is InChI=1S/C22H19N3O2/c26-20-9-3-6-16-11-13-17(24-21(16)20)12-10-15-5-1-2-7-18(15)25-22(27)19-8-4-14-23-19/h1-13,19,23,26H,14H2,(H,25,27)/b12-10+/t19-/m1/s1. The molecule has 134 valence electrons. The Morgan fingerprint density at radius 3 is 2.85 bits per heavy atom. The van der Waals surface area contributed by atoms with E-state index in [4.69, 9.17) is 0 Å². The first kappa shape index (κ1) is 17.0. The summed E-state index contributed by atoms with van der Waals surface area (Å²) >= 11 is 0. The van der Waals surface area contributed by atoms with Gasteiger partial charge in [0.2, 0.25) is 5.91 Å². The average molecular weight is 357 g/mol. The Kier molecular flexibility index (Phi) is 4.68. The minimum absolute atomic E-state index is 0.0849. The first-order chi connectivity index (χ1) is 13.2. The van der Waals surface area contributed by atoms with E-state index in [1.54, 1.807) is 12.1 Å². The molecule has 3 aromatic rings. The maximum absolute atomic E-state index is 12.3. The first-order valence-corrected chi connectivity index (χ1v) is 8.77. The summed E-state index contributed by atoms with van der Waals surface area (Å²) in [7, 11) is 0. The van der Waals surface area contributed by atoms with Gasteiger partial charge in [-0.2, -0.15) is 0 Å². The molecule has 1 aliphatic heterocycles. The van der Waals surface area contributed by atoms with E-state index in [2.05, 4.69) is 15.6 Å². The molecule has 0 fully saturated rings. The molecular formula is C22H19N3O2. The SMILES string of the molecule is O=C(Nc1ccccc1/C=C/c1ccc2cccc(O)c2n1)[C@H]1C=CCN1. The number of amides is 1. The summed E-state index contributed by atoms with van der Waals surface area (Å²) in [6, 6.07) is 16.5. The van der Waals surface area contributed by atoms with Gasteiger partial charge in [0, 0.05) is 17.6 Å². The van der Waals surface area contributed by atoms with Crippen molar-refractivity contribution in [3.05, 3.63) is 78.0 Å². The molecule has 5 heteroatoms. The normalized spacial score (nSPS) is 16.2. The molecule has 0 unspecified atom stereocenters. The number of phenols is 1. The highest BCUT2D eigenvalue weighted by Crippen LogP contribution is 2.24. The monoisotopic (exact) mass is 357 g/mol. The number of phenolic OH excluding ortho intramolecular Hbond substituents is 1. The predicted octanol–water partition coefficient (Wildman–Crippen LogP) is 3.58. The lowest BCUT2D eigenvalue weighted by Crippen LogP contribution is -2.35. The van der Waals surface area contributed by atoms with E-state index >= 15 is 0 Å². The second-order valence-corrected chi connectivity index (χ2v) is 6.31. The Labute approximate surface area is 157 Å². The van der Waals surface area contributed by atoms with Crippen LogP contribution in [0.4, 0.5) is 5.69 Å². The van der Waals surface area contributed by atoms with Gasteiger partial charge >= 0.3 is 0 Å². The van der Waals surface area contributed by atoms with Crippen LogP contribution in [0.1, 0.15) is 11.3 Å². The number of hydrogen-bond acceptors (Lipinski definition) is 4. The van der Waals surface area contributed by atoms with Crippen molar-refractivity contribution in [2.45, 2.75) is 6.04 Å². The second-order valence-electron chi connectivity index (χ2n) is 6.31. The largest absolute Gasteiger partial charge is 0.506 e. The highest BCUT2D eigenvalue weighted by Gasteiger charge is 2.17. The molecule has 1 atom stereocenters.